The molecule has 3 aromatic rings. The lowest BCUT2D eigenvalue weighted by Crippen LogP contribution is -2.43. The lowest BCUT2D eigenvalue weighted by Gasteiger charge is -2.24. The number of methoxy groups -OCH3 is 1. The van der Waals surface area contributed by atoms with Gasteiger partial charge in [-0.2, -0.15) is 5.10 Å². The lowest BCUT2D eigenvalue weighted by atomic mass is 9.87. The zero-order valence-corrected chi connectivity index (χ0v) is 23.3. The van der Waals surface area contributed by atoms with Gasteiger partial charge in [0.15, 0.2) is 0 Å². The van der Waals surface area contributed by atoms with E-state index in [-0.39, 0.29) is 34.8 Å². The fourth-order valence-corrected chi connectivity index (χ4v) is 5.72. The van der Waals surface area contributed by atoms with Gasteiger partial charge in [0, 0.05) is 24.6 Å². The monoisotopic (exact) mass is 520 g/mol. The third-order valence-electron chi connectivity index (χ3n) is 6.35. The van der Waals surface area contributed by atoms with Gasteiger partial charge < -0.3 is 10.1 Å². The topological polar surface area (TPSA) is 76.5 Å². The van der Waals surface area contributed by atoms with E-state index in [1.165, 1.54) is 0 Å². The van der Waals surface area contributed by atoms with Crippen molar-refractivity contribution in [3.05, 3.63) is 76.5 Å². The molecule has 0 radical (unpaired) electrons. The quantitative estimate of drug-likeness (QED) is 0.457. The van der Waals surface area contributed by atoms with Crippen molar-refractivity contribution in [3.63, 3.8) is 0 Å². The molecule has 4 rings (SSSR count). The zero-order valence-electron chi connectivity index (χ0n) is 22.5. The maximum Gasteiger partial charge on any atom is 0.240 e. The molecule has 0 fully saturated rings. The van der Waals surface area contributed by atoms with Gasteiger partial charge in [0.2, 0.25) is 11.8 Å². The molecule has 2 aromatic carbocycles. The first-order valence-electron chi connectivity index (χ1n) is 12.5. The first-order valence-corrected chi connectivity index (χ1v) is 13.6. The molecule has 0 aliphatic carbocycles. The first-order chi connectivity index (χ1) is 17.6. The summed E-state index contributed by atoms with van der Waals surface area (Å²) >= 11 is 1.59. The van der Waals surface area contributed by atoms with Gasteiger partial charge in [0.05, 0.1) is 29.0 Å². The average Bonchev–Trinajstić information content (AvgIpc) is 3.18. The normalized spacial score (nSPS) is 15.9. The zero-order chi connectivity index (χ0) is 26.7. The van der Waals surface area contributed by atoms with Crippen LogP contribution in [0.2, 0.25) is 0 Å². The van der Waals surface area contributed by atoms with E-state index >= 15 is 0 Å². The van der Waals surface area contributed by atoms with Crippen LogP contribution in [0.4, 0.5) is 5.82 Å². The molecule has 1 aliphatic rings. The smallest absolute Gasteiger partial charge is 0.240 e. The Labute approximate surface area is 223 Å². The van der Waals surface area contributed by atoms with Crippen LogP contribution < -0.4 is 10.2 Å². The lowest BCUT2D eigenvalue weighted by molar-refractivity contribution is -0.123. The molecule has 0 spiro atoms. The van der Waals surface area contributed by atoms with Crippen LogP contribution in [0, 0.1) is 13.8 Å². The number of carbonyl (C=O) groups excluding carboxylic acids is 2. The molecule has 1 aliphatic heterocycles. The minimum Gasteiger partial charge on any atom is -0.383 e. The molecule has 1 aromatic heterocycles. The summed E-state index contributed by atoms with van der Waals surface area (Å²) in [5.74, 6) is 0.578. The molecule has 0 saturated heterocycles. The van der Waals surface area contributed by atoms with Gasteiger partial charge in [0.25, 0.3) is 0 Å². The largest absolute Gasteiger partial charge is 0.383 e. The summed E-state index contributed by atoms with van der Waals surface area (Å²) in [5.41, 5.74) is 5.89. The van der Waals surface area contributed by atoms with Gasteiger partial charge in [-0.25, -0.2) is 4.68 Å². The second-order valence-electron chi connectivity index (χ2n) is 10.5. The molecule has 0 bridgehead atoms. The highest BCUT2D eigenvalue weighted by atomic mass is 32.2. The Bertz CT molecular complexity index is 1280. The third kappa shape index (κ3) is 5.91. The fraction of sp³-hybridized carbons (Fsp3) is 0.414. The van der Waals surface area contributed by atoms with Gasteiger partial charge in [-0.15, -0.1) is 11.8 Å². The van der Waals surface area contributed by atoms with Crippen molar-refractivity contribution in [2.24, 2.45) is 0 Å². The van der Waals surface area contributed by atoms with E-state index in [9.17, 15) is 9.59 Å². The Hall–Kier alpha value is -3.10. The summed E-state index contributed by atoms with van der Waals surface area (Å²) < 4.78 is 6.92. The van der Waals surface area contributed by atoms with Crippen LogP contribution >= 0.6 is 11.8 Å². The van der Waals surface area contributed by atoms with Crippen molar-refractivity contribution >= 4 is 29.4 Å². The highest BCUT2D eigenvalue weighted by Crippen LogP contribution is 2.48. The number of carbonyl (C=O) groups is 2. The Morgan fingerprint density at radius 3 is 2.51 bits per heavy atom. The standard InChI is InChI=1S/C29H36N4O3S/c1-19-10-12-22(13-11-19)33-28-25(27(31-33)29(3,4)5)26(21-9-7-8-20(2)16-21)37-18-24(35)32(28)17-23(34)30-14-15-36-6/h7-13,16,26H,14-15,17-18H2,1-6H3,(H,30,34)/t26-/m1/s1. The summed E-state index contributed by atoms with van der Waals surface area (Å²) in [7, 11) is 1.59. The first kappa shape index (κ1) is 26.9. The minimum atomic E-state index is -0.289. The summed E-state index contributed by atoms with van der Waals surface area (Å²) in [6.07, 6.45) is 0. The molecule has 37 heavy (non-hydrogen) atoms. The Morgan fingerprint density at radius 1 is 1.14 bits per heavy atom. The molecular weight excluding hydrogens is 484 g/mol. The number of amides is 2. The molecule has 7 nitrogen and oxygen atoms in total. The van der Waals surface area contributed by atoms with Crippen LogP contribution in [0.3, 0.4) is 0 Å². The van der Waals surface area contributed by atoms with Crippen molar-refractivity contribution in [1.29, 1.82) is 0 Å². The van der Waals surface area contributed by atoms with Crippen LogP contribution in [-0.4, -0.2) is 54.2 Å². The maximum atomic E-state index is 13.6. The predicted molar refractivity (Wildman–Crippen MR) is 150 cm³/mol. The molecule has 0 unspecified atom stereocenters. The Morgan fingerprint density at radius 2 is 1.86 bits per heavy atom. The number of aryl methyl sites for hydroxylation is 2. The summed E-state index contributed by atoms with van der Waals surface area (Å²) in [6.45, 7) is 11.2. The fourth-order valence-electron chi connectivity index (χ4n) is 4.53. The number of nitrogens with zero attached hydrogens (tertiary/aromatic N) is 3. The second-order valence-corrected chi connectivity index (χ2v) is 11.6. The van der Waals surface area contributed by atoms with Crippen LogP contribution in [-0.2, 0) is 19.7 Å². The number of hydrogen-bond donors (Lipinski definition) is 1. The van der Waals surface area contributed by atoms with E-state index in [2.05, 4.69) is 57.3 Å². The van der Waals surface area contributed by atoms with Crippen molar-refractivity contribution in [1.82, 2.24) is 15.1 Å². The van der Waals surface area contributed by atoms with Gasteiger partial charge >= 0.3 is 0 Å². The van der Waals surface area contributed by atoms with Gasteiger partial charge in [-0.05, 0) is 31.5 Å². The molecule has 2 heterocycles. The number of thioether (sulfide) groups is 1. The summed E-state index contributed by atoms with van der Waals surface area (Å²) in [5, 5.41) is 7.89. The van der Waals surface area contributed by atoms with E-state index in [1.54, 1.807) is 23.8 Å². The Balaban J connectivity index is 1.95. The number of aromatic nitrogens is 2. The Kier molecular flexibility index (Phi) is 8.09. The molecule has 2 amide bonds. The highest BCUT2D eigenvalue weighted by Gasteiger charge is 2.39. The summed E-state index contributed by atoms with van der Waals surface area (Å²) in [6, 6.07) is 16.5. The molecule has 196 valence electrons. The van der Waals surface area contributed by atoms with E-state index in [1.807, 2.05) is 35.9 Å². The number of ether oxygens (including phenoxy) is 1. The molecular formula is C29H36N4O3S. The van der Waals surface area contributed by atoms with Gasteiger partial charge in [-0.1, -0.05) is 68.3 Å². The summed E-state index contributed by atoms with van der Waals surface area (Å²) in [4.78, 5) is 28.2. The van der Waals surface area contributed by atoms with E-state index in [0.29, 0.717) is 19.0 Å². The van der Waals surface area contributed by atoms with Crippen molar-refractivity contribution in [2.45, 2.75) is 45.3 Å². The van der Waals surface area contributed by atoms with Crippen LogP contribution in [0.25, 0.3) is 5.69 Å². The number of benzene rings is 2. The number of nitrogens with one attached hydrogen (secondary N) is 1. The van der Waals surface area contributed by atoms with E-state index in [4.69, 9.17) is 9.84 Å². The minimum absolute atomic E-state index is 0.0855. The SMILES string of the molecule is COCCNC(=O)CN1C(=O)CS[C@H](c2cccc(C)c2)c2c(C(C)(C)C)nn(-c3ccc(C)cc3)c21. The third-order valence-corrected chi connectivity index (χ3v) is 7.61. The maximum absolute atomic E-state index is 13.6. The molecule has 1 atom stereocenters. The van der Waals surface area contributed by atoms with Crippen LogP contribution in [0.15, 0.2) is 48.5 Å². The van der Waals surface area contributed by atoms with Crippen LogP contribution in [0.1, 0.15) is 54.0 Å². The average molecular weight is 521 g/mol. The van der Waals surface area contributed by atoms with Crippen molar-refractivity contribution < 1.29 is 14.3 Å². The molecule has 0 saturated carbocycles. The van der Waals surface area contributed by atoms with Crippen molar-refractivity contribution in [3.8, 4) is 5.69 Å². The van der Waals surface area contributed by atoms with Crippen LogP contribution in [0.5, 0.6) is 0 Å². The highest BCUT2D eigenvalue weighted by molar-refractivity contribution is 8.00. The molecule has 8 heteroatoms. The molecule has 1 N–H and O–H groups in total. The van der Waals surface area contributed by atoms with Gasteiger partial charge in [0.1, 0.15) is 12.4 Å². The van der Waals surface area contributed by atoms with Gasteiger partial charge in [-0.3, -0.25) is 14.5 Å². The predicted octanol–water partition coefficient (Wildman–Crippen LogP) is 4.72. The van der Waals surface area contributed by atoms with E-state index in [0.717, 1.165) is 33.6 Å². The van der Waals surface area contributed by atoms with Crippen molar-refractivity contribution in [2.75, 3.05) is 37.5 Å². The number of hydrogen-bond acceptors (Lipinski definition) is 5. The second kappa shape index (κ2) is 11.1. The number of anilines is 1. The number of fused-ring (bicyclic) bond motifs is 1. The van der Waals surface area contributed by atoms with E-state index < -0.39 is 0 Å². The number of rotatable bonds is 7.